The summed E-state index contributed by atoms with van der Waals surface area (Å²) in [6, 6.07) is 32.5. The molecule has 2 fully saturated rings. The van der Waals surface area contributed by atoms with E-state index in [2.05, 4.69) is 67.4 Å². The topological polar surface area (TPSA) is 118 Å². The Morgan fingerprint density at radius 2 is 1.34 bits per heavy atom. The average Bonchev–Trinajstić information content (AvgIpc) is 3.58. The van der Waals surface area contributed by atoms with Gasteiger partial charge in [-0.2, -0.15) is 0 Å². The van der Waals surface area contributed by atoms with Crippen LogP contribution in [-0.4, -0.2) is 64.6 Å². The van der Waals surface area contributed by atoms with Crippen molar-refractivity contribution in [1.82, 2.24) is 15.1 Å². The largest absolute Gasteiger partial charge is 0.445 e. The molecule has 10 nitrogen and oxygen atoms in total. The maximum absolute atomic E-state index is 13.3. The van der Waals surface area contributed by atoms with Crippen LogP contribution in [0.3, 0.4) is 0 Å². The van der Waals surface area contributed by atoms with Crippen molar-refractivity contribution < 1.29 is 33.7 Å². The molecule has 0 aromatic heterocycles. The van der Waals surface area contributed by atoms with E-state index in [0.717, 1.165) is 58.6 Å². The summed E-state index contributed by atoms with van der Waals surface area (Å²) in [6.07, 6.45) is 13.6. The van der Waals surface area contributed by atoms with Crippen molar-refractivity contribution in [3.8, 4) is 11.1 Å². The normalized spacial score (nSPS) is 20.0. The second-order valence-electron chi connectivity index (χ2n) is 17.8. The number of hydrogen-bond donors (Lipinski definition) is 2. The summed E-state index contributed by atoms with van der Waals surface area (Å²) >= 11 is 0. The number of imide groups is 1. The number of likely N-dealkylation sites (tertiary alicyclic amines) is 1. The maximum Gasteiger partial charge on any atom is 0.408 e. The Bertz CT molecular complexity index is 2010. The van der Waals surface area contributed by atoms with Gasteiger partial charge in [0, 0.05) is 18.0 Å². The number of hydrogen-bond acceptors (Lipinski definition) is 8. The molecule has 4 aromatic rings. The van der Waals surface area contributed by atoms with Gasteiger partial charge in [0.15, 0.2) is 6.29 Å². The Labute approximate surface area is 381 Å². The third kappa shape index (κ3) is 14.3. The van der Waals surface area contributed by atoms with Crippen LogP contribution in [-0.2, 0) is 43.6 Å². The zero-order chi connectivity index (χ0) is 45.1. The van der Waals surface area contributed by atoms with E-state index < -0.39 is 24.3 Å². The Kier molecular flexibility index (Phi) is 19.4. The van der Waals surface area contributed by atoms with Gasteiger partial charge in [-0.15, -0.1) is 0 Å². The number of benzene rings is 4. The van der Waals surface area contributed by atoms with E-state index in [4.69, 9.17) is 14.2 Å². The van der Waals surface area contributed by atoms with Crippen molar-refractivity contribution in [2.24, 2.45) is 5.92 Å². The molecule has 3 amide bonds. The van der Waals surface area contributed by atoms with Gasteiger partial charge in [-0.1, -0.05) is 182 Å². The van der Waals surface area contributed by atoms with Crippen molar-refractivity contribution in [3.05, 3.63) is 131 Å². The summed E-state index contributed by atoms with van der Waals surface area (Å²) < 4.78 is 19.1. The molecule has 344 valence electrons. The molecule has 1 unspecified atom stereocenters. The minimum absolute atomic E-state index is 0.00279. The number of ether oxygens (including phenoxy) is 3. The molecule has 2 saturated heterocycles. The molecule has 10 heteroatoms. The lowest BCUT2D eigenvalue weighted by Crippen LogP contribution is -2.45. The first-order chi connectivity index (χ1) is 31.3. The lowest BCUT2D eigenvalue weighted by molar-refractivity contribution is -0.276. The molecule has 5 atom stereocenters. The molecule has 0 bridgehead atoms. The number of carbonyl (C=O) groups is 3. The van der Waals surface area contributed by atoms with Gasteiger partial charge in [-0.25, -0.2) is 4.79 Å². The van der Waals surface area contributed by atoms with E-state index in [9.17, 15) is 19.5 Å². The van der Waals surface area contributed by atoms with Crippen LogP contribution in [0.1, 0.15) is 144 Å². The fourth-order valence-electron chi connectivity index (χ4n) is 8.84. The van der Waals surface area contributed by atoms with E-state index in [1.54, 1.807) is 0 Å². The highest BCUT2D eigenvalue weighted by Crippen LogP contribution is 2.42. The van der Waals surface area contributed by atoms with Crippen LogP contribution in [0, 0.1) is 5.92 Å². The standard InChI is InChI=1S/C54H71N3O7/c1-4-6-8-10-12-17-32-56(33-18-13-11-9-7-5-2)37-49-40(3)51(45-26-24-41(38-58)25-27-45)64-53(63-49)46-30-28-44(29-31-46)47-23-19-22-43(34-47)36-57-50(59)35-48(52(57)60)55-54(61)62-39-42-20-15-14-16-21-42/h14-16,19-31,34,40,48-49,51,53,58H,4-13,17-18,32-33,35-39H2,1-3H3,(H,55,61)/t40-,48?,49+,51+,53+/m1/s1. The summed E-state index contributed by atoms with van der Waals surface area (Å²) in [5, 5.41) is 12.3. The monoisotopic (exact) mass is 874 g/mol. The molecular formula is C54H71N3O7. The zero-order valence-electron chi connectivity index (χ0n) is 38.4. The number of carbonyl (C=O) groups excluding carboxylic acids is 3. The van der Waals surface area contributed by atoms with Crippen molar-refractivity contribution >= 4 is 17.9 Å². The van der Waals surface area contributed by atoms with Crippen molar-refractivity contribution in [1.29, 1.82) is 0 Å². The third-order valence-electron chi connectivity index (χ3n) is 12.7. The number of unbranched alkanes of at least 4 members (excludes halogenated alkanes) is 10. The number of alkyl carbamates (subject to hydrolysis) is 1. The molecular weight excluding hydrogens is 803 g/mol. The third-order valence-corrected chi connectivity index (χ3v) is 12.7. The maximum atomic E-state index is 13.3. The van der Waals surface area contributed by atoms with Crippen LogP contribution in [0.15, 0.2) is 103 Å². The Balaban J connectivity index is 1.12. The molecule has 6 rings (SSSR count). The van der Waals surface area contributed by atoms with Crippen LogP contribution in [0.2, 0.25) is 0 Å². The summed E-state index contributed by atoms with van der Waals surface area (Å²) in [5.74, 6) is -0.695. The SMILES string of the molecule is CCCCCCCCN(CCCCCCCC)C[C@@H]1O[C@H](c2ccc(-c3cccc(CN4C(=O)CC(NC(=O)OCc5ccccc5)C4=O)c3)cc2)O[C@H](c2ccc(CO)cc2)[C@@H]1C. The summed E-state index contributed by atoms with van der Waals surface area (Å²) in [5.41, 5.74) is 6.43. The van der Waals surface area contributed by atoms with Gasteiger partial charge in [-0.3, -0.25) is 14.5 Å². The molecule has 4 aromatic carbocycles. The summed E-state index contributed by atoms with van der Waals surface area (Å²) in [4.78, 5) is 42.6. The quantitative estimate of drug-likeness (QED) is 0.0499. The van der Waals surface area contributed by atoms with Gasteiger partial charge in [-0.05, 0) is 65.4 Å². The predicted octanol–water partition coefficient (Wildman–Crippen LogP) is 11.2. The van der Waals surface area contributed by atoms with Gasteiger partial charge < -0.3 is 29.5 Å². The van der Waals surface area contributed by atoms with E-state index in [0.29, 0.717) is 0 Å². The molecule has 64 heavy (non-hydrogen) atoms. The van der Waals surface area contributed by atoms with Gasteiger partial charge in [0.1, 0.15) is 12.6 Å². The highest BCUT2D eigenvalue weighted by molar-refractivity contribution is 6.06. The number of nitrogens with zero attached hydrogens (tertiary/aromatic N) is 2. The molecule has 2 aliphatic heterocycles. The van der Waals surface area contributed by atoms with E-state index in [-0.39, 0.29) is 50.2 Å². The Morgan fingerprint density at radius 1 is 0.719 bits per heavy atom. The summed E-state index contributed by atoms with van der Waals surface area (Å²) in [7, 11) is 0. The van der Waals surface area contributed by atoms with Gasteiger partial charge in [0.25, 0.3) is 5.91 Å². The highest BCUT2D eigenvalue weighted by Gasteiger charge is 2.41. The first-order valence-electron chi connectivity index (χ1n) is 24.0. The van der Waals surface area contributed by atoms with Crippen LogP contribution >= 0.6 is 0 Å². The predicted molar refractivity (Wildman–Crippen MR) is 252 cm³/mol. The molecule has 0 spiro atoms. The summed E-state index contributed by atoms with van der Waals surface area (Å²) in [6.45, 7) is 9.94. The lowest BCUT2D eigenvalue weighted by Gasteiger charge is -2.43. The number of aliphatic hydroxyl groups is 1. The smallest absolute Gasteiger partial charge is 0.408 e. The number of aliphatic hydroxyl groups excluding tert-OH is 1. The van der Waals surface area contributed by atoms with Crippen molar-refractivity contribution in [2.75, 3.05) is 19.6 Å². The molecule has 0 aliphatic carbocycles. The van der Waals surface area contributed by atoms with E-state index >= 15 is 0 Å². The molecule has 0 radical (unpaired) electrons. The minimum Gasteiger partial charge on any atom is -0.445 e. The van der Waals surface area contributed by atoms with Gasteiger partial charge in [0.2, 0.25) is 5.91 Å². The van der Waals surface area contributed by atoms with Crippen LogP contribution in [0.4, 0.5) is 4.79 Å². The van der Waals surface area contributed by atoms with Crippen LogP contribution < -0.4 is 5.32 Å². The minimum atomic E-state index is -0.971. The second-order valence-corrected chi connectivity index (χ2v) is 17.8. The average molecular weight is 874 g/mol. The van der Waals surface area contributed by atoms with E-state index in [1.807, 2.05) is 66.7 Å². The molecule has 2 heterocycles. The molecule has 2 N–H and O–H groups in total. The molecule has 0 saturated carbocycles. The van der Waals surface area contributed by atoms with Crippen LogP contribution in [0.5, 0.6) is 0 Å². The highest BCUT2D eigenvalue weighted by atomic mass is 16.7. The fourth-order valence-corrected chi connectivity index (χ4v) is 8.84. The van der Waals surface area contributed by atoms with Gasteiger partial charge >= 0.3 is 6.09 Å². The van der Waals surface area contributed by atoms with E-state index in [1.165, 1.54) is 81.9 Å². The second kappa shape index (κ2) is 25.6. The number of nitrogens with one attached hydrogen (secondary N) is 1. The first kappa shape index (κ1) is 48.6. The lowest BCUT2D eigenvalue weighted by atomic mass is 9.89. The number of rotatable bonds is 25. The number of amides is 3. The van der Waals surface area contributed by atoms with Crippen molar-refractivity contribution in [3.63, 3.8) is 0 Å². The van der Waals surface area contributed by atoms with Crippen molar-refractivity contribution in [2.45, 2.75) is 149 Å². The molecule has 2 aliphatic rings. The Morgan fingerprint density at radius 3 is 2.00 bits per heavy atom. The fraction of sp³-hybridized carbons (Fsp3) is 0.500. The van der Waals surface area contributed by atoms with Crippen LogP contribution in [0.25, 0.3) is 11.1 Å². The van der Waals surface area contributed by atoms with Gasteiger partial charge in [0.05, 0.1) is 31.8 Å². The first-order valence-corrected chi connectivity index (χ1v) is 24.0. The zero-order valence-corrected chi connectivity index (χ0v) is 38.4. The Hall–Kier alpha value is -4.87.